The van der Waals surface area contributed by atoms with Crippen LogP contribution in [0.1, 0.15) is 5.56 Å². The van der Waals surface area contributed by atoms with Crippen molar-refractivity contribution in [2.45, 2.75) is 5.16 Å². The Hall–Kier alpha value is -2.04. The quantitative estimate of drug-likeness (QED) is 0.502. The number of halogens is 1. The van der Waals surface area contributed by atoms with Crippen LogP contribution in [-0.4, -0.2) is 27.1 Å². The molecule has 0 aliphatic carbocycles. The van der Waals surface area contributed by atoms with Gasteiger partial charge in [0.2, 0.25) is 11.1 Å². The molecule has 0 atom stereocenters. The average Bonchev–Trinajstić information content (AvgIpc) is 2.84. The van der Waals surface area contributed by atoms with E-state index in [0.717, 1.165) is 5.56 Å². The predicted molar refractivity (Wildman–Crippen MR) is 75.4 cm³/mol. The Morgan fingerprint density at radius 1 is 1.58 bits per heavy atom. The Kier molecular flexibility index (Phi) is 4.78. The number of hydrogen-bond acceptors (Lipinski definition) is 6. The third-order valence-electron chi connectivity index (χ3n) is 1.96. The van der Waals surface area contributed by atoms with Gasteiger partial charge in [0.15, 0.2) is 0 Å². The predicted octanol–water partition coefficient (Wildman–Crippen LogP) is 2.52. The molecule has 0 saturated carbocycles. The molecular formula is C11H9ClN6S. The molecule has 19 heavy (non-hydrogen) atoms. The third-order valence-corrected chi connectivity index (χ3v) is 2.91. The van der Waals surface area contributed by atoms with Crippen molar-refractivity contribution in [1.82, 2.24) is 15.2 Å². The molecule has 0 bridgehead atoms. The minimum Gasteiger partial charge on any atom is -0.246 e. The van der Waals surface area contributed by atoms with Crippen molar-refractivity contribution in [1.29, 1.82) is 5.26 Å². The second-order valence-electron chi connectivity index (χ2n) is 3.34. The normalized spacial score (nSPS) is 10.5. The van der Waals surface area contributed by atoms with Gasteiger partial charge in [-0.2, -0.15) is 15.3 Å². The zero-order valence-electron chi connectivity index (χ0n) is 9.67. The van der Waals surface area contributed by atoms with Crippen molar-refractivity contribution >= 4 is 35.5 Å². The highest BCUT2D eigenvalue weighted by Crippen LogP contribution is 2.13. The number of nitriles is 1. The minimum atomic E-state index is 0.309. The van der Waals surface area contributed by atoms with E-state index in [4.69, 9.17) is 16.9 Å². The van der Waals surface area contributed by atoms with Gasteiger partial charge in [-0.1, -0.05) is 35.5 Å². The van der Waals surface area contributed by atoms with Crippen molar-refractivity contribution in [2.24, 2.45) is 5.10 Å². The summed E-state index contributed by atoms with van der Waals surface area (Å²) in [4.78, 5) is 4.09. The smallest absolute Gasteiger partial charge is 0.240 e. The van der Waals surface area contributed by atoms with Crippen LogP contribution in [0.4, 0.5) is 5.95 Å². The van der Waals surface area contributed by atoms with Crippen molar-refractivity contribution in [3.05, 3.63) is 34.9 Å². The minimum absolute atomic E-state index is 0.309. The molecule has 0 spiro atoms. The lowest BCUT2D eigenvalue weighted by Crippen LogP contribution is -1.92. The summed E-state index contributed by atoms with van der Waals surface area (Å²) in [6.45, 7) is 0. The Morgan fingerprint density at radius 3 is 3.26 bits per heavy atom. The van der Waals surface area contributed by atoms with Crippen LogP contribution in [0.3, 0.4) is 0 Å². The number of H-pyrrole nitrogens is 1. The Labute approximate surface area is 118 Å². The highest BCUT2D eigenvalue weighted by molar-refractivity contribution is 7.99. The summed E-state index contributed by atoms with van der Waals surface area (Å²) < 4.78 is 0. The Balaban J connectivity index is 1.91. The van der Waals surface area contributed by atoms with Gasteiger partial charge in [-0.25, -0.2) is 10.5 Å². The highest BCUT2D eigenvalue weighted by Gasteiger charge is 2.01. The molecule has 6 nitrogen and oxygen atoms in total. The molecule has 1 aromatic carbocycles. The van der Waals surface area contributed by atoms with Gasteiger partial charge in [0.1, 0.15) is 0 Å². The van der Waals surface area contributed by atoms with Gasteiger partial charge in [-0.3, -0.25) is 0 Å². The lowest BCUT2D eigenvalue weighted by Gasteiger charge is -1.94. The lowest BCUT2D eigenvalue weighted by molar-refractivity contribution is 0.975. The molecule has 0 saturated heterocycles. The number of hydrogen-bond donors (Lipinski definition) is 2. The van der Waals surface area contributed by atoms with Crippen LogP contribution in [0, 0.1) is 11.3 Å². The first-order valence-electron chi connectivity index (χ1n) is 5.25. The van der Waals surface area contributed by atoms with Gasteiger partial charge < -0.3 is 0 Å². The third kappa shape index (κ3) is 4.28. The van der Waals surface area contributed by atoms with Crippen LogP contribution in [-0.2, 0) is 0 Å². The van der Waals surface area contributed by atoms with Crippen LogP contribution >= 0.6 is 23.4 Å². The van der Waals surface area contributed by atoms with Crippen LogP contribution in [0.15, 0.2) is 34.5 Å². The summed E-state index contributed by atoms with van der Waals surface area (Å²) in [5.74, 6) is 0.724. The van der Waals surface area contributed by atoms with Crippen LogP contribution in [0.5, 0.6) is 0 Å². The van der Waals surface area contributed by atoms with E-state index in [1.54, 1.807) is 18.3 Å². The van der Waals surface area contributed by atoms with Gasteiger partial charge in [0, 0.05) is 5.02 Å². The zero-order valence-corrected chi connectivity index (χ0v) is 11.2. The van der Waals surface area contributed by atoms with Gasteiger partial charge in [0.25, 0.3) is 0 Å². The van der Waals surface area contributed by atoms with Crippen LogP contribution in [0.2, 0.25) is 5.02 Å². The molecule has 96 valence electrons. The van der Waals surface area contributed by atoms with E-state index in [1.807, 2.05) is 18.2 Å². The topological polar surface area (TPSA) is 89.8 Å². The number of anilines is 1. The Bertz CT molecular complexity index is 618. The second-order valence-corrected chi connectivity index (χ2v) is 4.72. The molecule has 1 aromatic heterocycles. The molecule has 0 amide bonds. The molecule has 2 rings (SSSR count). The Morgan fingerprint density at radius 2 is 2.47 bits per heavy atom. The van der Waals surface area contributed by atoms with Gasteiger partial charge in [-0.15, -0.1) is 5.10 Å². The fourth-order valence-corrected chi connectivity index (χ4v) is 1.87. The first kappa shape index (κ1) is 13.4. The van der Waals surface area contributed by atoms with Crippen molar-refractivity contribution in [3.63, 3.8) is 0 Å². The van der Waals surface area contributed by atoms with Crippen molar-refractivity contribution in [3.8, 4) is 6.07 Å². The van der Waals surface area contributed by atoms with Crippen molar-refractivity contribution in [2.75, 3.05) is 11.2 Å². The average molecular weight is 293 g/mol. The first-order chi connectivity index (χ1) is 9.28. The van der Waals surface area contributed by atoms with E-state index in [9.17, 15) is 0 Å². The van der Waals surface area contributed by atoms with Gasteiger partial charge in [0.05, 0.1) is 18.0 Å². The number of nitrogens with zero attached hydrogens (tertiary/aromatic N) is 4. The number of aromatic amines is 1. The van der Waals surface area contributed by atoms with E-state index in [0.29, 0.717) is 21.9 Å². The molecule has 2 aromatic rings. The molecule has 0 aliphatic rings. The molecular weight excluding hydrogens is 284 g/mol. The molecule has 1 heterocycles. The fourth-order valence-electron chi connectivity index (χ4n) is 1.21. The lowest BCUT2D eigenvalue weighted by atomic mass is 10.2. The van der Waals surface area contributed by atoms with Gasteiger partial charge in [-0.05, 0) is 17.7 Å². The molecule has 0 aliphatic heterocycles. The summed E-state index contributed by atoms with van der Waals surface area (Å²) in [5, 5.41) is 20.2. The van der Waals surface area contributed by atoms with E-state index >= 15 is 0 Å². The number of rotatable bonds is 5. The highest BCUT2D eigenvalue weighted by atomic mass is 35.5. The number of nitrogens with one attached hydrogen (secondary N) is 2. The maximum Gasteiger partial charge on any atom is 0.240 e. The van der Waals surface area contributed by atoms with E-state index < -0.39 is 0 Å². The van der Waals surface area contributed by atoms with Crippen LogP contribution < -0.4 is 5.43 Å². The molecule has 0 fully saturated rings. The second kappa shape index (κ2) is 6.78. The fraction of sp³-hybridized carbons (Fsp3) is 0.0909. The number of hydrazone groups is 1. The largest absolute Gasteiger partial charge is 0.246 e. The molecule has 8 heteroatoms. The zero-order chi connectivity index (χ0) is 13.5. The monoisotopic (exact) mass is 292 g/mol. The van der Waals surface area contributed by atoms with Crippen LogP contribution in [0.25, 0.3) is 0 Å². The number of thioether (sulfide) groups is 1. The number of benzene rings is 1. The summed E-state index contributed by atoms with van der Waals surface area (Å²) in [5.41, 5.74) is 3.58. The summed E-state index contributed by atoms with van der Waals surface area (Å²) in [6.07, 6.45) is 1.62. The summed E-state index contributed by atoms with van der Waals surface area (Å²) in [7, 11) is 0. The van der Waals surface area contributed by atoms with Gasteiger partial charge >= 0.3 is 0 Å². The maximum absolute atomic E-state index is 8.44. The SMILES string of the molecule is N#CCSc1n[nH]c(N/N=C/c2cccc(Cl)c2)n1. The van der Waals surface area contributed by atoms with E-state index in [2.05, 4.69) is 25.7 Å². The first-order valence-corrected chi connectivity index (χ1v) is 6.61. The molecule has 0 radical (unpaired) electrons. The standard InChI is InChI=1S/C11H9ClN6S/c12-9-3-1-2-8(6-9)7-14-16-10-15-11(18-17-10)19-5-4-13/h1-3,6-7H,5H2,(H2,15,16,17,18)/b14-7+. The summed E-state index contributed by atoms with van der Waals surface area (Å²) in [6, 6.07) is 9.31. The summed E-state index contributed by atoms with van der Waals surface area (Å²) >= 11 is 7.10. The maximum atomic E-state index is 8.44. The molecule has 2 N–H and O–H groups in total. The van der Waals surface area contributed by atoms with Crippen molar-refractivity contribution < 1.29 is 0 Å². The molecule has 0 unspecified atom stereocenters. The number of aromatic nitrogens is 3. The van der Waals surface area contributed by atoms with E-state index in [1.165, 1.54) is 11.8 Å². The van der Waals surface area contributed by atoms with E-state index in [-0.39, 0.29) is 0 Å².